The molecule has 0 unspecified atom stereocenters. The summed E-state index contributed by atoms with van der Waals surface area (Å²) in [5, 5.41) is 15.1. The van der Waals surface area contributed by atoms with E-state index in [-0.39, 0.29) is 30.8 Å². The van der Waals surface area contributed by atoms with Crippen molar-refractivity contribution < 1.29 is 14.7 Å². The van der Waals surface area contributed by atoms with Crippen molar-refractivity contribution in [2.45, 2.75) is 31.7 Å². The third-order valence-electron chi connectivity index (χ3n) is 5.77. The highest BCUT2D eigenvalue weighted by molar-refractivity contribution is 5.95. The highest BCUT2D eigenvalue weighted by Gasteiger charge is 2.38. The topological polar surface area (TPSA) is 78.4 Å². The van der Waals surface area contributed by atoms with Gasteiger partial charge in [-0.1, -0.05) is 36.4 Å². The molecule has 2 aromatic rings. The highest BCUT2D eigenvalue weighted by Crippen LogP contribution is 2.50. The number of carbonyl (C=O) groups excluding carboxylic acids is 1. The van der Waals surface area contributed by atoms with Crippen LogP contribution in [0.15, 0.2) is 54.6 Å². The van der Waals surface area contributed by atoms with E-state index in [1.54, 1.807) is 6.07 Å². The van der Waals surface area contributed by atoms with Crippen molar-refractivity contribution in [2.24, 2.45) is 5.92 Å². The first kappa shape index (κ1) is 18.3. The van der Waals surface area contributed by atoms with Crippen LogP contribution in [0.25, 0.3) is 0 Å². The minimum atomic E-state index is -0.920. The number of fused-ring (bicyclic) bond motifs is 3. The second kappa shape index (κ2) is 7.50. The minimum Gasteiger partial charge on any atom is -0.481 e. The van der Waals surface area contributed by atoms with E-state index in [0.29, 0.717) is 11.5 Å². The fourth-order valence-electron chi connectivity index (χ4n) is 4.36. The smallest absolute Gasteiger partial charge is 0.305 e. The maximum absolute atomic E-state index is 12.4. The van der Waals surface area contributed by atoms with Crippen LogP contribution in [0.5, 0.6) is 0 Å². The first-order valence-corrected chi connectivity index (χ1v) is 9.67. The first-order chi connectivity index (χ1) is 13.5. The molecule has 0 bridgehead atoms. The number of aryl methyl sites for hydroxylation is 1. The minimum absolute atomic E-state index is 0.0796. The summed E-state index contributed by atoms with van der Waals surface area (Å²) in [7, 11) is 0. The van der Waals surface area contributed by atoms with Crippen molar-refractivity contribution in [3.05, 3.63) is 76.9 Å². The predicted molar refractivity (Wildman–Crippen MR) is 109 cm³/mol. The number of benzene rings is 2. The Balaban J connectivity index is 1.61. The van der Waals surface area contributed by atoms with E-state index >= 15 is 0 Å². The monoisotopic (exact) mass is 376 g/mol. The van der Waals surface area contributed by atoms with Crippen LogP contribution < -0.4 is 10.6 Å². The Morgan fingerprint density at radius 3 is 2.79 bits per heavy atom. The molecule has 4 rings (SSSR count). The normalized spacial score (nSPS) is 22.1. The van der Waals surface area contributed by atoms with Crippen LogP contribution in [-0.2, 0) is 4.79 Å². The highest BCUT2D eigenvalue weighted by atomic mass is 16.4. The maximum Gasteiger partial charge on any atom is 0.305 e. The van der Waals surface area contributed by atoms with Gasteiger partial charge in [0.25, 0.3) is 5.91 Å². The van der Waals surface area contributed by atoms with E-state index in [1.165, 1.54) is 11.1 Å². The number of allylic oxidation sites excluding steroid dienone is 2. The lowest BCUT2D eigenvalue weighted by atomic mass is 9.76. The van der Waals surface area contributed by atoms with Crippen LogP contribution in [0.4, 0.5) is 5.69 Å². The number of carbonyl (C=O) groups is 2. The van der Waals surface area contributed by atoms with E-state index in [2.05, 4.69) is 54.0 Å². The molecule has 0 spiro atoms. The van der Waals surface area contributed by atoms with Gasteiger partial charge in [-0.15, -0.1) is 0 Å². The summed E-state index contributed by atoms with van der Waals surface area (Å²) in [6.07, 6.45) is 5.41. The number of amides is 1. The molecule has 2 aliphatic rings. The van der Waals surface area contributed by atoms with Gasteiger partial charge in [-0.05, 0) is 54.2 Å². The first-order valence-electron chi connectivity index (χ1n) is 9.67. The molecular weight excluding hydrogens is 352 g/mol. The third kappa shape index (κ3) is 3.40. The van der Waals surface area contributed by atoms with Crippen molar-refractivity contribution in [3.8, 4) is 0 Å². The Bertz CT molecular complexity index is 951. The summed E-state index contributed by atoms with van der Waals surface area (Å²) in [4.78, 5) is 23.0. The lowest BCUT2D eigenvalue weighted by Crippen LogP contribution is -2.30. The summed E-state index contributed by atoms with van der Waals surface area (Å²) in [6, 6.07) is 14.4. The zero-order chi connectivity index (χ0) is 19.7. The summed E-state index contributed by atoms with van der Waals surface area (Å²) >= 11 is 0. The van der Waals surface area contributed by atoms with Gasteiger partial charge in [0.1, 0.15) is 0 Å². The molecular formula is C23H24N2O3. The number of hydrogen-bond acceptors (Lipinski definition) is 3. The summed E-state index contributed by atoms with van der Waals surface area (Å²) in [6.45, 7) is 2.28. The SMILES string of the molecule is Cc1ccccc1[C@@H]1Nc2ccc(C(=O)NCCC(=O)O)cc2[C@@H]2C=CC[C@H]21. The van der Waals surface area contributed by atoms with Gasteiger partial charge in [0.15, 0.2) is 0 Å². The van der Waals surface area contributed by atoms with Crippen molar-refractivity contribution in [2.75, 3.05) is 11.9 Å². The number of rotatable bonds is 5. The van der Waals surface area contributed by atoms with Crippen LogP contribution in [0.1, 0.15) is 51.8 Å². The van der Waals surface area contributed by atoms with Gasteiger partial charge in [-0.25, -0.2) is 0 Å². The molecule has 0 fully saturated rings. The number of nitrogens with one attached hydrogen (secondary N) is 2. The molecule has 144 valence electrons. The Morgan fingerprint density at radius 2 is 2.00 bits per heavy atom. The van der Waals surface area contributed by atoms with Crippen LogP contribution in [0, 0.1) is 12.8 Å². The second-order valence-corrected chi connectivity index (χ2v) is 7.53. The lowest BCUT2D eigenvalue weighted by Gasteiger charge is -2.38. The lowest BCUT2D eigenvalue weighted by molar-refractivity contribution is -0.136. The Kier molecular flexibility index (Phi) is 4.90. The van der Waals surface area contributed by atoms with Crippen molar-refractivity contribution >= 4 is 17.6 Å². The van der Waals surface area contributed by atoms with E-state index in [1.807, 2.05) is 12.1 Å². The molecule has 3 atom stereocenters. The van der Waals surface area contributed by atoms with E-state index in [9.17, 15) is 9.59 Å². The molecule has 1 heterocycles. The largest absolute Gasteiger partial charge is 0.481 e. The zero-order valence-electron chi connectivity index (χ0n) is 15.8. The standard InChI is InChI=1S/C23H24N2O3/c1-14-5-2-3-6-16(14)22-18-8-4-7-17(18)19-13-15(9-10-20(19)25-22)23(28)24-12-11-21(26)27/h2-7,9-10,13,17-18,22,25H,8,11-12H2,1H3,(H,24,28)(H,26,27)/t17-,18-,22+/m1/s1. The quantitative estimate of drug-likeness (QED) is 0.689. The number of aliphatic carboxylic acids is 1. The molecule has 28 heavy (non-hydrogen) atoms. The number of hydrogen-bond donors (Lipinski definition) is 3. The van der Waals surface area contributed by atoms with Gasteiger partial charge >= 0.3 is 5.97 Å². The number of carboxylic acid groups (broad SMARTS) is 1. The van der Waals surface area contributed by atoms with E-state index < -0.39 is 5.97 Å². The zero-order valence-corrected chi connectivity index (χ0v) is 15.8. The van der Waals surface area contributed by atoms with Crippen molar-refractivity contribution in [3.63, 3.8) is 0 Å². The molecule has 0 saturated carbocycles. The molecule has 2 aromatic carbocycles. The van der Waals surface area contributed by atoms with Crippen LogP contribution in [0.3, 0.4) is 0 Å². The maximum atomic E-state index is 12.4. The second-order valence-electron chi connectivity index (χ2n) is 7.53. The molecule has 1 amide bonds. The molecule has 5 nitrogen and oxygen atoms in total. The van der Waals surface area contributed by atoms with Crippen LogP contribution in [0.2, 0.25) is 0 Å². The van der Waals surface area contributed by atoms with E-state index in [4.69, 9.17) is 5.11 Å². The molecule has 0 radical (unpaired) electrons. The average molecular weight is 376 g/mol. The van der Waals surface area contributed by atoms with Crippen LogP contribution in [-0.4, -0.2) is 23.5 Å². The Morgan fingerprint density at radius 1 is 1.18 bits per heavy atom. The van der Waals surface area contributed by atoms with E-state index in [0.717, 1.165) is 17.7 Å². The van der Waals surface area contributed by atoms with Gasteiger partial charge in [0.05, 0.1) is 12.5 Å². The molecule has 0 saturated heterocycles. The van der Waals surface area contributed by atoms with Crippen LogP contribution >= 0.6 is 0 Å². The Labute approximate surface area is 164 Å². The van der Waals surface area contributed by atoms with Gasteiger partial charge in [-0.2, -0.15) is 0 Å². The fourth-order valence-corrected chi connectivity index (χ4v) is 4.36. The summed E-state index contributed by atoms with van der Waals surface area (Å²) in [5.74, 6) is -0.466. The average Bonchev–Trinajstić information content (AvgIpc) is 3.17. The van der Waals surface area contributed by atoms with Crippen molar-refractivity contribution in [1.29, 1.82) is 0 Å². The summed E-state index contributed by atoms with van der Waals surface area (Å²) < 4.78 is 0. The fraction of sp³-hybridized carbons (Fsp3) is 0.304. The van der Waals surface area contributed by atoms with Gasteiger partial charge in [0, 0.05) is 23.7 Å². The number of anilines is 1. The molecule has 3 N–H and O–H groups in total. The molecule has 1 aliphatic heterocycles. The predicted octanol–water partition coefficient (Wildman–Crippen LogP) is 4.03. The molecule has 0 aromatic heterocycles. The molecule has 1 aliphatic carbocycles. The number of carboxylic acids is 1. The van der Waals surface area contributed by atoms with Gasteiger partial charge in [0.2, 0.25) is 0 Å². The van der Waals surface area contributed by atoms with Gasteiger partial charge in [-0.3, -0.25) is 9.59 Å². The van der Waals surface area contributed by atoms with Crippen molar-refractivity contribution in [1.82, 2.24) is 5.32 Å². The molecule has 5 heteroatoms. The summed E-state index contributed by atoms with van der Waals surface area (Å²) in [5.41, 5.74) is 5.36. The third-order valence-corrected chi connectivity index (χ3v) is 5.77. The Hall–Kier alpha value is -3.08. The van der Waals surface area contributed by atoms with Gasteiger partial charge < -0.3 is 15.7 Å².